The highest BCUT2D eigenvalue weighted by molar-refractivity contribution is 6.02. The molecule has 0 saturated heterocycles. The normalized spacial score (nSPS) is 20.6. The van der Waals surface area contributed by atoms with Gasteiger partial charge in [0.25, 0.3) is 0 Å². The highest BCUT2D eigenvalue weighted by atomic mass is 16.6. The molecule has 4 rings (SSSR count). The lowest BCUT2D eigenvalue weighted by molar-refractivity contribution is -0.173. The highest BCUT2D eigenvalue weighted by Gasteiger charge is 2.57. The SMILES string of the molecule is COC(=O)[C@]1(C)CC(C)=C2CC(C(=O)OCc3ccccc3)(C(=O)OCc3ccccc3)CC2=C1C. The molecular formula is C30H32O6. The van der Waals surface area contributed by atoms with Gasteiger partial charge in [-0.05, 0) is 62.3 Å². The Kier molecular flexibility index (Phi) is 7.16. The van der Waals surface area contributed by atoms with Crippen molar-refractivity contribution in [2.75, 3.05) is 7.11 Å². The van der Waals surface area contributed by atoms with E-state index in [1.54, 1.807) is 0 Å². The second-order valence-corrected chi connectivity index (χ2v) is 9.92. The summed E-state index contributed by atoms with van der Waals surface area (Å²) in [5.74, 6) is -1.56. The number of esters is 3. The third kappa shape index (κ3) is 4.60. The maximum atomic E-state index is 13.6. The van der Waals surface area contributed by atoms with Crippen LogP contribution in [0, 0.1) is 10.8 Å². The molecule has 0 unspecified atom stereocenters. The number of carbonyl (C=O) groups excluding carboxylic acids is 3. The maximum absolute atomic E-state index is 13.6. The Hall–Kier alpha value is -3.67. The molecule has 1 fully saturated rings. The second kappa shape index (κ2) is 10.1. The second-order valence-electron chi connectivity index (χ2n) is 9.92. The molecule has 6 heteroatoms. The number of hydrogen-bond acceptors (Lipinski definition) is 6. The molecule has 1 saturated carbocycles. The number of rotatable bonds is 7. The topological polar surface area (TPSA) is 78.9 Å². The van der Waals surface area contributed by atoms with Crippen LogP contribution in [0.3, 0.4) is 0 Å². The van der Waals surface area contributed by atoms with E-state index in [0.29, 0.717) is 6.42 Å². The number of carbonyl (C=O) groups is 3. The van der Waals surface area contributed by atoms with Gasteiger partial charge in [0.15, 0.2) is 5.41 Å². The minimum absolute atomic E-state index is 0.0589. The fourth-order valence-electron chi connectivity index (χ4n) is 5.29. The van der Waals surface area contributed by atoms with E-state index in [0.717, 1.165) is 33.4 Å². The molecule has 2 aromatic carbocycles. The summed E-state index contributed by atoms with van der Waals surface area (Å²) in [7, 11) is 1.38. The van der Waals surface area contributed by atoms with Crippen molar-refractivity contribution in [1.82, 2.24) is 0 Å². The molecule has 0 bridgehead atoms. The minimum atomic E-state index is -1.52. The minimum Gasteiger partial charge on any atom is -0.468 e. The average molecular weight is 489 g/mol. The molecule has 0 aromatic heterocycles. The Balaban J connectivity index is 1.68. The van der Waals surface area contributed by atoms with E-state index in [1.807, 2.05) is 81.4 Å². The van der Waals surface area contributed by atoms with Crippen LogP contribution in [0.15, 0.2) is 83.0 Å². The van der Waals surface area contributed by atoms with Crippen LogP contribution in [-0.4, -0.2) is 25.0 Å². The molecule has 188 valence electrons. The van der Waals surface area contributed by atoms with Crippen molar-refractivity contribution < 1.29 is 28.6 Å². The first-order chi connectivity index (χ1) is 17.2. The summed E-state index contributed by atoms with van der Waals surface area (Å²) >= 11 is 0. The van der Waals surface area contributed by atoms with Crippen molar-refractivity contribution in [3.63, 3.8) is 0 Å². The van der Waals surface area contributed by atoms with Crippen LogP contribution < -0.4 is 0 Å². The summed E-state index contributed by atoms with van der Waals surface area (Å²) in [4.78, 5) is 40.0. The molecule has 0 aliphatic heterocycles. The zero-order valence-electron chi connectivity index (χ0n) is 21.3. The number of fused-ring (bicyclic) bond motifs is 1. The predicted octanol–water partition coefficient (Wildman–Crippen LogP) is 5.47. The molecule has 2 aromatic rings. The lowest BCUT2D eigenvalue weighted by Crippen LogP contribution is -2.39. The van der Waals surface area contributed by atoms with Gasteiger partial charge in [-0.2, -0.15) is 0 Å². The van der Waals surface area contributed by atoms with Crippen LogP contribution in [0.4, 0.5) is 0 Å². The first-order valence-electron chi connectivity index (χ1n) is 12.1. The molecule has 1 atom stereocenters. The van der Waals surface area contributed by atoms with Gasteiger partial charge in [-0.3, -0.25) is 14.4 Å². The lowest BCUT2D eigenvalue weighted by atomic mass is 9.70. The largest absolute Gasteiger partial charge is 0.468 e. The monoisotopic (exact) mass is 488 g/mol. The van der Waals surface area contributed by atoms with Gasteiger partial charge in [-0.15, -0.1) is 0 Å². The fraction of sp³-hybridized carbons (Fsp3) is 0.367. The van der Waals surface area contributed by atoms with Gasteiger partial charge in [0, 0.05) is 0 Å². The third-order valence-electron chi connectivity index (χ3n) is 7.58. The van der Waals surface area contributed by atoms with Crippen LogP contribution in [0.2, 0.25) is 0 Å². The van der Waals surface area contributed by atoms with Gasteiger partial charge in [0.1, 0.15) is 13.2 Å². The summed E-state index contributed by atoms with van der Waals surface area (Å²) in [6, 6.07) is 18.7. The van der Waals surface area contributed by atoms with Crippen molar-refractivity contribution in [2.45, 2.75) is 53.2 Å². The van der Waals surface area contributed by atoms with Gasteiger partial charge in [0.2, 0.25) is 0 Å². The van der Waals surface area contributed by atoms with E-state index in [4.69, 9.17) is 14.2 Å². The molecule has 0 N–H and O–H groups in total. The molecule has 0 radical (unpaired) electrons. The summed E-state index contributed by atoms with van der Waals surface area (Å²) in [6.45, 7) is 5.80. The zero-order valence-corrected chi connectivity index (χ0v) is 21.3. The van der Waals surface area contributed by atoms with Gasteiger partial charge in [-0.25, -0.2) is 0 Å². The predicted molar refractivity (Wildman–Crippen MR) is 134 cm³/mol. The van der Waals surface area contributed by atoms with Gasteiger partial charge < -0.3 is 14.2 Å². The van der Waals surface area contributed by atoms with Crippen LogP contribution in [0.1, 0.15) is 51.2 Å². The van der Waals surface area contributed by atoms with Crippen LogP contribution >= 0.6 is 0 Å². The molecule has 2 aliphatic rings. The van der Waals surface area contributed by atoms with E-state index in [2.05, 4.69) is 0 Å². The number of methoxy groups -OCH3 is 1. The standard InChI is InChI=1S/C30H32O6/c1-20-15-29(3,26(31)34-4)21(2)25-17-30(16-24(20)25,27(32)35-18-22-11-7-5-8-12-22)28(33)36-19-23-13-9-6-10-14-23/h5-14H,15-19H2,1-4H3/t29-/m1/s1. The van der Waals surface area contributed by atoms with E-state index in [1.165, 1.54) is 7.11 Å². The van der Waals surface area contributed by atoms with Crippen molar-refractivity contribution in [2.24, 2.45) is 10.8 Å². The van der Waals surface area contributed by atoms with E-state index in [9.17, 15) is 14.4 Å². The number of allylic oxidation sites excluding steroid dienone is 3. The molecule has 6 nitrogen and oxygen atoms in total. The molecule has 0 heterocycles. The molecule has 0 spiro atoms. The van der Waals surface area contributed by atoms with Crippen LogP contribution in [0.25, 0.3) is 0 Å². The smallest absolute Gasteiger partial charge is 0.324 e. The van der Waals surface area contributed by atoms with E-state index in [-0.39, 0.29) is 32.0 Å². The summed E-state index contributed by atoms with van der Waals surface area (Å²) < 4.78 is 16.5. The Morgan fingerprint density at radius 1 is 0.722 bits per heavy atom. The van der Waals surface area contributed by atoms with Crippen LogP contribution in [0.5, 0.6) is 0 Å². The quantitative estimate of drug-likeness (QED) is 0.292. The summed E-state index contributed by atoms with van der Waals surface area (Å²) in [5, 5.41) is 0. The first-order valence-corrected chi connectivity index (χ1v) is 12.1. The molecular weight excluding hydrogens is 456 g/mol. The third-order valence-corrected chi connectivity index (χ3v) is 7.58. The number of hydrogen-bond donors (Lipinski definition) is 0. The fourth-order valence-corrected chi connectivity index (χ4v) is 5.29. The van der Waals surface area contributed by atoms with Crippen molar-refractivity contribution in [1.29, 1.82) is 0 Å². The summed E-state index contributed by atoms with van der Waals surface area (Å²) in [5.41, 5.74) is 2.87. The first kappa shape index (κ1) is 25.4. The van der Waals surface area contributed by atoms with Crippen LogP contribution in [-0.2, 0) is 41.8 Å². The zero-order chi connectivity index (χ0) is 25.9. The Morgan fingerprint density at radius 2 is 1.19 bits per heavy atom. The average Bonchev–Trinajstić information content (AvgIpc) is 3.33. The Bertz CT molecular complexity index is 1170. The number of benzene rings is 2. The van der Waals surface area contributed by atoms with Gasteiger partial charge in [0.05, 0.1) is 12.5 Å². The number of ether oxygens (including phenoxy) is 3. The van der Waals surface area contributed by atoms with Crippen molar-refractivity contribution >= 4 is 17.9 Å². The van der Waals surface area contributed by atoms with E-state index >= 15 is 0 Å². The summed E-state index contributed by atoms with van der Waals surface area (Å²) in [6.07, 6.45) is 0.780. The van der Waals surface area contributed by atoms with Crippen molar-refractivity contribution in [3.05, 3.63) is 94.1 Å². The molecule has 36 heavy (non-hydrogen) atoms. The van der Waals surface area contributed by atoms with E-state index < -0.39 is 22.8 Å². The maximum Gasteiger partial charge on any atom is 0.324 e. The highest BCUT2D eigenvalue weighted by Crippen LogP contribution is 2.56. The molecule has 0 amide bonds. The van der Waals surface area contributed by atoms with Gasteiger partial charge in [-0.1, -0.05) is 71.8 Å². The Morgan fingerprint density at radius 3 is 1.67 bits per heavy atom. The molecule has 2 aliphatic carbocycles. The Labute approximate surface area is 211 Å². The van der Waals surface area contributed by atoms with Crippen molar-refractivity contribution in [3.8, 4) is 0 Å². The lowest BCUT2D eigenvalue weighted by Gasteiger charge is -2.34. The van der Waals surface area contributed by atoms with Gasteiger partial charge >= 0.3 is 17.9 Å².